The van der Waals surface area contributed by atoms with Crippen molar-refractivity contribution in [1.29, 1.82) is 0 Å². The van der Waals surface area contributed by atoms with E-state index < -0.39 is 0 Å². The summed E-state index contributed by atoms with van der Waals surface area (Å²) in [7, 11) is 1.68. The van der Waals surface area contributed by atoms with Gasteiger partial charge in [-0.1, -0.05) is 25.1 Å². The van der Waals surface area contributed by atoms with Gasteiger partial charge in [0.2, 0.25) is 6.79 Å². The summed E-state index contributed by atoms with van der Waals surface area (Å²) in [6.07, 6.45) is 2.64. The maximum atomic E-state index is 6.27. The highest BCUT2D eigenvalue weighted by Gasteiger charge is 2.35. The minimum Gasteiger partial charge on any atom is -0.493 e. The van der Waals surface area contributed by atoms with Crippen LogP contribution in [0.15, 0.2) is 43.0 Å². The Morgan fingerprint density at radius 1 is 1.21 bits per heavy atom. The zero-order valence-electron chi connectivity index (χ0n) is 13.9. The summed E-state index contributed by atoms with van der Waals surface area (Å²) in [6, 6.07) is 10.2. The summed E-state index contributed by atoms with van der Waals surface area (Å²) in [5.41, 5.74) is 3.44. The number of fused-ring (bicyclic) bond motifs is 2. The molecule has 2 atom stereocenters. The van der Waals surface area contributed by atoms with Gasteiger partial charge in [-0.25, -0.2) is 0 Å². The first kappa shape index (κ1) is 14.9. The van der Waals surface area contributed by atoms with Crippen LogP contribution in [0.2, 0.25) is 0 Å². The van der Waals surface area contributed by atoms with Crippen molar-refractivity contribution in [3.05, 3.63) is 59.7 Å². The Morgan fingerprint density at radius 3 is 2.83 bits per heavy atom. The second-order valence-corrected chi connectivity index (χ2v) is 6.15. The molecule has 0 spiro atoms. The molecule has 0 saturated heterocycles. The van der Waals surface area contributed by atoms with Gasteiger partial charge in [-0.15, -0.1) is 6.58 Å². The zero-order valence-corrected chi connectivity index (χ0v) is 13.9. The van der Waals surface area contributed by atoms with Crippen LogP contribution in [0.5, 0.6) is 23.0 Å². The van der Waals surface area contributed by atoms with E-state index in [0.717, 1.165) is 35.0 Å². The van der Waals surface area contributed by atoms with E-state index in [9.17, 15) is 0 Å². The highest BCUT2D eigenvalue weighted by Crippen LogP contribution is 2.51. The molecular formula is C20H20O4. The Bertz CT molecular complexity index is 796. The lowest BCUT2D eigenvalue weighted by Crippen LogP contribution is -2.07. The molecule has 0 aromatic heterocycles. The number of ether oxygens (including phenoxy) is 4. The first-order valence-electron chi connectivity index (χ1n) is 8.09. The van der Waals surface area contributed by atoms with E-state index >= 15 is 0 Å². The number of rotatable bonds is 4. The van der Waals surface area contributed by atoms with E-state index in [1.165, 1.54) is 11.1 Å². The van der Waals surface area contributed by atoms with Gasteiger partial charge in [-0.3, -0.25) is 0 Å². The molecule has 2 heterocycles. The average molecular weight is 324 g/mol. The second-order valence-electron chi connectivity index (χ2n) is 6.15. The van der Waals surface area contributed by atoms with Crippen LogP contribution in [0, 0.1) is 0 Å². The number of allylic oxidation sites excluding steroid dienone is 1. The van der Waals surface area contributed by atoms with Crippen LogP contribution in [0.3, 0.4) is 0 Å². The molecule has 0 unspecified atom stereocenters. The van der Waals surface area contributed by atoms with Crippen LogP contribution in [0.1, 0.15) is 35.6 Å². The van der Waals surface area contributed by atoms with Crippen molar-refractivity contribution < 1.29 is 18.9 Å². The molecule has 0 amide bonds. The van der Waals surface area contributed by atoms with Gasteiger partial charge in [0.15, 0.2) is 23.0 Å². The third-order valence-corrected chi connectivity index (χ3v) is 4.66. The fourth-order valence-electron chi connectivity index (χ4n) is 3.42. The van der Waals surface area contributed by atoms with E-state index in [2.05, 4.69) is 19.6 Å². The predicted octanol–water partition coefficient (Wildman–Crippen LogP) is 4.39. The third-order valence-electron chi connectivity index (χ3n) is 4.66. The van der Waals surface area contributed by atoms with Crippen LogP contribution in [0.25, 0.3) is 0 Å². The van der Waals surface area contributed by atoms with Crippen LogP contribution in [-0.4, -0.2) is 13.9 Å². The maximum Gasteiger partial charge on any atom is 0.231 e. The van der Waals surface area contributed by atoms with Crippen molar-refractivity contribution in [3.63, 3.8) is 0 Å². The molecule has 0 N–H and O–H groups in total. The molecule has 24 heavy (non-hydrogen) atoms. The summed E-state index contributed by atoms with van der Waals surface area (Å²) in [5.74, 6) is 3.39. The van der Waals surface area contributed by atoms with E-state index in [1.807, 2.05) is 30.3 Å². The highest BCUT2D eigenvalue weighted by molar-refractivity contribution is 5.56. The molecule has 124 valence electrons. The Balaban J connectivity index is 1.72. The topological polar surface area (TPSA) is 36.9 Å². The molecule has 0 aliphatic carbocycles. The van der Waals surface area contributed by atoms with Crippen molar-refractivity contribution in [1.82, 2.24) is 0 Å². The van der Waals surface area contributed by atoms with Crippen molar-refractivity contribution in [2.24, 2.45) is 0 Å². The lowest BCUT2D eigenvalue weighted by atomic mass is 9.91. The summed E-state index contributed by atoms with van der Waals surface area (Å²) >= 11 is 0. The Labute approximate surface area is 141 Å². The fraction of sp³-hybridized carbons (Fsp3) is 0.300. The normalized spacial score (nSPS) is 20.4. The summed E-state index contributed by atoms with van der Waals surface area (Å²) in [5, 5.41) is 0. The molecule has 4 rings (SSSR count). The lowest BCUT2D eigenvalue weighted by Gasteiger charge is -2.16. The Hall–Kier alpha value is -2.62. The average Bonchev–Trinajstić information content (AvgIpc) is 3.19. The van der Waals surface area contributed by atoms with Gasteiger partial charge in [0.25, 0.3) is 0 Å². The zero-order chi connectivity index (χ0) is 16.7. The molecule has 4 nitrogen and oxygen atoms in total. The van der Waals surface area contributed by atoms with Crippen molar-refractivity contribution in [2.75, 3.05) is 13.9 Å². The largest absolute Gasteiger partial charge is 0.493 e. The standard InChI is InChI=1S/C20H20O4/c1-4-5-13-8-15-12(2)19(24-20(15)18(9-13)21-3)14-6-7-16-17(10-14)23-11-22-16/h4,6-10,12,19H,1,5,11H2,2-3H3/t12-,19+/m0/s1. The van der Waals surface area contributed by atoms with Gasteiger partial charge in [-0.05, 0) is 35.7 Å². The van der Waals surface area contributed by atoms with E-state index in [4.69, 9.17) is 18.9 Å². The van der Waals surface area contributed by atoms with E-state index in [1.54, 1.807) is 7.11 Å². The highest BCUT2D eigenvalue weighted by atomic mass is 16.7. The predicted molar refractivity (Wildman–Crippen MR) is 91.2 cm³/mol. The molecule has 4 heteroatoms. The van der Waals surface area contributed by atoms with Crippen molar-refractivity contribution in [3.8, 4) is 23.0 Å². The molecule has 0 bridgehead atoms. The van der Waals surface area contributed by atoms with Gasteiger partial charge in [-0.2, -0.15) is 0 Å². The fourth-order valence-corrected chi connectivity index (χ4v) is 3.42. The van der Waals surface area contributed by atoms with E-state index in [0.29, 0.717) is 0 Å². The van der Waals surface area contributed by atoms with Crippen LogP contribution >= 0.6 is 0 Å². The first-order valence-corrected chi connectivity index (χ1v) is 8.09. The van der Waals surface area contributed by atoms with Crippen LogP contribution < -0.4 is 18.9 Å². The molecule has 2 aromatic carbocycles. The van der Waals surface area contributed by atoms with Crippen molar-refractivity contribution >= 4 is 0 Å². The van der Waals surface area contributed by atoms with Crippen molar-refractivity contribution in [2.45, 2.75) is 25.4 Å². The molecule has 2 aliphatic rings. The Morgan fingerprint density at radius 2 is 2.04 bits per heavy atom. The molecule has 0 radical (unpaired) electrons. The monoisotopic (exact) mass is 324 g/mol. The van der Waals surface area contributed by atoms with Gasteiger partial charge < -0.3 is 18.9 Å². The number of benzene rings is 2. The SMILES string of the molecule is C=CCc1cc(OC)c2c(c1)[C@H](C)[C@H](c1ccc3c(c1)OCO3)O2. The minimum atomic E-state index is -0.0672. The smallest absolute Gasteiger partial charge is 0.231 e. The molecule has 0 fully saturated rings. The lowest BCUT2D eigenvalue weighted by molar-refractivity contribution is 0.173. The Kier molecular flexibility index (Phi) is 3.60. The van der Waals surface area contributed by atoms with Crippen LogP contribution in [0.4, 0.5) is 0 Å². The van der Waals surface area contributed by atoms with E-state index in [-0.39, 0.29) is 18.8 Å². The second kappa shape index (κ2) is 5.78. The number of hydrogen-bond donors (Lipinski definition) is 0. The number of hydrogen-bond acceptors (Lipinski definition) is 4. The molecule has 0 saturated carbocycles. The first-order chi connectivity index (χ1) is 11.7. The molecule has 2 aromatic rings. The van der Waals surface area contributed by atoms with Gasteiger partial charge in [0.1, 0.15) is 6.10 Å². The minimum absolute atomic E-state index is 0.0672. The summed E-state index contributed by atoms with van der Waals surface area (Å²) in [6.45, 7) is 6.28. The molecule has 2 aliphatic heterocycles. The third kappa shape index (κ3) is 2.30. The van der Waals surface area contributed by atoms with Gasteiger partial charge in [0, 0.05) is 11.5 Å². The number of methoxy groups -OCH3 is 1. The summed E-state index contributed by atoms with van der Waals surface area (Å²) < 4.78 is 22.7. The quantitative estimate of drug-likeness (QED) is 0.782. The molecular weight excluding hydrogens is 304 g/mol. The maximum absolute atomic E-state index is 6.27. The van der Waals surface area contributed by atoms with Gasteiger partial charge >= 0.3 is 0 Å². The van der Waals surface area contributed by atoms with Gasteiger partial charge in [0.05, 0.1) is 7.11 Å². The van der Waals surface area contributed by atoms with Crippen LogP contribution in [-0.2, 0) is 6.42 Å². The summed E-state index contributed by atoms with van der Waals surface area (Å²) in [4.78, 5) is 0.